The predicted molar refractivity (Wildman–Crippen MR) is 85.6 cm³/mol. The molecule has 1 saturated carbocycles. The molecule has 1 aromatic heterocycles. The number of hydrogen-bond acceptors (Lipinski definition) is 2. The minimum atomic E-state index is 0.132. The predicted octanol–water partition coefficient (Wildman–Crippen LogP) is 3.84. The van der Waals surface area contributed by atoms with Gasteiger partial charge in [0.1, 0.15) is 0 Å². The fourth-order valence-corrected chi connectivity index (χ4v) is 3.38. The van der Waals surface area contributed by atoms with Crippen molar-refractivity contribution < 1.29 is 0 Å². The quantitative estimate of drug-likeness (QED) is 0.925. The van der Waals surface area contributed by atoms with Crippen LogP contribution in [0.3, 0.4) is 0 Å². The minimum absolute atomic E-state index is 0.132. The molecule has 1 aliphatic carbocycles. The summed E-state index contributed by atoms with van der Waals surface area (Å²) >= 11 is 3.42. The Bertz CT molecular complexity index is 561. The van der Waals surface area contributed by atoms with Crippen molar-refractivity contribution in [1.29, 1.82) is 0 Å². The van der Waals surface area contributed by atoms with Crippen LogP contribution >= 0.6 is 15.9 Å². The fraction of sp³-hybridized carbons (Fsp3) is 0.353. The van der Waals surface area contributed by atoms with Gasteiger partial charge in [0.15, 0.2) is 0 Å². The maximum absolute atomic E-state index is 6.56. The first-order valence-electron chi connectivity index (χ1n) is 7.12. The zero-order valence-corrected chi connectivity index (χ0v) is 13.0. The molecule has 0 bridgehead atoms. The summed E-state index contributed by atoms with van der Waals surface area (Å²) in [7, 11) is 0. The molecule has 1 aliphatic rings. The van der Waals surface area contributed by atoms with Gasteiger partial charge in [-0.15, -0.1) is 0 Å². The summed E-state index contributed by atoms with van der Waals surface area (Å²) in [5.41, 5.74) is 9.17. The van der Waals surface area contributed by atoms with E-state index in [9.17, 15) is 0 Å². The third-order valence-corrected chi connectivity index (χ3v) is 4.99. The lowest BCUT2D eigenvalue weighted by atomic mass is 9.59. The highest BCUT2D eigenvalue weighted by atomic mass is 79.9. The van der Waals surface area contributed by atoms with Crippen LogP contribution in [0.25, 0.3) is 0 Å². The molecule has 1 aromatic carbocycles. The molecule has 1 unspecified atom stereocenters. The van der Waals surface area contributed by atoms with Crippen molar-refractivity contribution in [3.8, 4) is 0 Å². The largest absolute Gasteiger partial charge is 0.327 e. The molecule has 1 fully saturated rings. The lowest BCUT2D eigenvalue weighted by molar-refractivity contribution is 0.193. The molecule has 0 saturated heterocycles. The molecule has 3 heteroatoms. The fourth-order valence-electron chi connectivity index (χ4n) is 3.15. The van der Waals surface area contributed by atoms with Crippen molar-refractivity contribution in [2.75, 3.05) is 0 Å². The first-order valence-corrected chi connectivity index (χ1v) is 7.91. The number of halogens is 1. The van der Waals surface area contributed by atoms with E-state index in [1.54, 1.807) is 0 Å². The number of nitrogens with zero attached hydrogens (tertiary/aromatic N) is 1. The Morgan fingerprint density at radius 1 is 1.15 bits per heavy atom. The summed E-state index contributed by atoms with van der Waals surface area (Å²) in [5, 5.41) is 0. The van der Waals surface area contributed by atoms with Crippen molar-refractivity contribution in [3.05, 3.63) is 64.4 Å². The third kappa shape index (κ3) is 2.52. The van der Waals surface area contributed by atoms with Crippen LogP contribution in [0.5, 0.6) is 0 Å². The Morgan fingerprint density at radius 2 is 1.90 bits per heavy atom. The monoisotopic (exact) mass is 330 g/mol. The summed E-state index contributed by atoms with van der Waals surface area (Å²) in [5.74, 6) is 0. The summed E-state index contributed by atoms with van der Waals surface area (Å²) in [6.07, 6.45) is 6.33. The van der Waals surface area contributed by atoms with E-state index in [0.717, 1.165) is 16.6 Å². The van der Waals surface area contributed by atoms with Gasteiger partial charge in [0.25, 0.3) is 0 Å². The van der Waals surface area contributed by atoms with Crippen LogP contribution in [0.1, 0.15) is 30.5 Å². The zero-order chi connectivity index (χ0) is 14.0. The second kappa shape index (κ2) is 5.66. The van der Waals surface area contributed by atoms with Crippen LogP contribution in [0.2, 0.25) is 0 Å². The number of rotatable bonds is 4. The van der Waals surface area contributed by atoms with Crippen LogP contribution in [0.15, 0.2) is 53.1 Å². The number of aromatic nitrogens is 1. The molecular weight excluding hydrogens is 312 g/mol. The molecule has 2 nitrogen and oxygen atoms in total. The van der Waals surface area contributed by atoms with Crippen LogP contribution in [-0.4, -0.2) is 11.0 Å². The molecule has 0 spiro atoms. The van der Waals surface area contributed by atoms with E-state index in [1.165, 1.54) is 24.8 Å². The molecule has 0 amide bonds. The normalized spacial score (nSPS) is 18.3. The second-order valence-electron chi connectivity index (χ2n) is 5.65. The molecule has 0 aliphatic heterocycles. The Labute approximate surface area is 128 Å². The lowest BCUT2D eigenvalue weighted by Gasteiger charge is -2.47. The first kappa shape index (κ1) is 13.8. The van der Waals surface area contributed by atoms with Gasteiger partial charge in [-0.2, -0.15) is 0 Å². The topological polar surface area (TPSA) is 38.9 Å². The van der Waals surface area contributed by atoms with Gasteiger partial charge in [0.2, 0.25) is 0 Å². The van der Waals surface area contributed by atoms with Gasteiger partial charge < -0.3 is 5.73 Å². The van der Waals surface area contributed by atoms with Crippen molar-refractivity contribution in [3.63, 3.8) is 0 Å². The van der Waals surface area contributed by atoms with Crippen LogP contribution in [-0.2, 0) is 11.8 Å². The van der Waals surface area contributed by atoms with E-state index in [1.807, 2.05) is 12.3 Å². The summed E-state index contributed by atoms with van der Waals surface area (Å²) in [4.78, 5) is 4.46. The van der Waals surface area contributed by atoms with E-state index in [0.29, 0.717) is 0 Å². The zero-order valence-electron chi connectivity index (χ0n) is 11.4. The van der Waals surface area contributed by atoms with Crippen LogP contribution in [0, 0.1) is 0 Å². The Hall–Kier alpha value is -1.19. The van der Waals surface area contributed by atoms with Gasteiger partial charge in [0, 0.05) is 34.2 Å². The van der Waals surface area contributed by atoms with Gasteiger partial charge in [-0.05, 0) is 46.5 Å². The molecule has 2 N–H and O–H groups in total. The van der Waals surface area contributed by atoms with Gasteiger partial charge in [-0.25, -0.2) is 0 Å². The van der Waals surface area contributed by atoms with Crippen LogP contribution in [0.4, 0.5) is 0 Å². The number of benzene rings is 1. The Morgan fingerprint density at radius 3 is 2.45 bits per heavy atom. The standard InChI is InChI=1S/C17H19BrN2/c18-14-7-8-15(20-12-14)11-16(19)17(9-4-10-17)13-5-2-1-3-6-13/h1-3,5-8,12,16H,4,9-11,19H2. The van der Waals surface area contributed by atoms with Gasteiger partial charge in [0.05, 0.1) is 0 Å². The Balaban J connectivity index is 1.81. The SMILES string of the molecule is NC(Cc1ccc(Br)cn1)C1(c2ccccc2)CCC1. The van der Waals surface area contributed by atoms with E-state index in [2.05, 4.69) is 57.3 Å². The second-order valence-corrected chi connectivity index (χ2v) is 6.57. The molecule has 1 heterocycles. The highest BCUT2D eigenvalue weighted by Gasteiger charge is 2.43. The number of pyridine rings is 1. The molecular formula is C17H19BrN2. The highest BCUT2D eigenvalue weighted by Crippen LogP contribution is 2.46. The van der Waals surface area contributed by atoms with E-state index < -0.39 is 0 Å². The lowest BCUT2D eigenvalue weighted by Crippen LogP contribution is -2.51. The maximum Gasteiger partial charge on any atom is 0.0420 e. The van der Waals surface area contributed by atoms with Crippen molar-refractivity contribution >= 4 is 15.9 Å². The van der Waals surface area contributed by atoms with Crippen molar-refractivity contribution in [1.82, 2.24) is 4.98 Å². The molecule has 2 aromatic rings. The average Bonchev–Trinajstić information content (AvgIpc) is 2.41. The smallest absolute Gasteiger partial charge is 0.0420 e. The van der Waals surface area contributed by atoms with Crippen molar-refractivity contribution in [2.45, 2.75) is 37.1 Å². The van der Waals surface area contributed by atoms with E-state index in [4.69, 9.17) is 5.73 Å². The molecule has 20 heavy (non-hydrogen) atoms. The Kier molecular flexibility index (Phi) is 3.90. The van der Waals surface area contributed by atoms with E-state index in [-0.39, 0.29) is 11.5 Å². The summed E-state index contributed by atoms with van der Waals surface area (Å²) in [6, 6.07) is 14.9. The number of nitrogens with two attached hydrogens (primary N) is 1. The highest BCUT2D eigenvalue weighted by molar-refractivity contribution is 9.10. The third-order valence-electron chi connectivity index (χ3n) is 4.52. The summed E-state index contributed by atoms with van der Waals surface area (Å²) < 4.78 is 1.01. The van der Waals surface area contributed by atoms with Gasteiger partial charge >= 0.3 is 0 Å². The first-order chi connectivity index (χ1) is 9.71. The summed E-state index contributed by atoms with van der Waals surface area (Å²) in [6.45, 7) is 0. The maximum atomic E-state index is 6.56. The van der Waals surface area contributed by atoms with Crippen LogP contribution < -0.4 is 5.73 Å². The molecule has 0 radical (unpaired) electrons. The van der Waals surface area contributed by atoms with Gasteiger partial charge in [-0.3, -0.25) is 4.98 Å². The molecule has 3 rings (SSSR count). The number of hydrogen-bond donors (Lipinski definition) is 1. The minimum Gasteiger partial charge on any atom is -0.327 e. The van der Waals surface area contributed by atoms with Gasteiger partial charge in [-0.1, -0.05) is 36.8 Å². The molecule has 104 valence electrons. The molecule has 1 atom stereocenters. The van der Waals surface area contributed by atoms with Crippen molar-refractivity contribution in [2.24, 2.45) is 5.73 Å². The van der Waals surface area contributed by atoms with E-state index >= 15 is 0 Å². The average molecular weight is 331 g/mol.